The number of rotatable bonds is 7. The number of hydrogen-bond donors (Lipinski definition) is 1. The molecule has 0 aliphatic heterocycles. The van der Waals surface area contributed by atoms with Crippen LogP contribution >= 0.6 is 0 Å². The molecule has 0 amide bonds. The van der Waals surface area contributed by atoms with Crippen LogP contribution in [0.1, 0.15) is 38.2 Å². The van der Waals surface area contributed by atoms with Gasteiger partial charge < -0.3 is 10.2 Å². The van der Waals surface area contributed by atoms with Crippen molar-refractivity contribution in [2.45, 2.75) is 32.6 Å². The average Bonchev–Trinajstić information content (AvgIpc) is 2.29. The number of nitrogens with one attached hydrogen (secondary N) is 1. The highest BCUT2D eigenvalue weighted by Crippen LogP contribution is 2.21. The number of anilines is 1. The van der Waals surface area contributed by atoms with E-state index >= 15 is 0 Å². The SMILES string of the molecule is CNCCCCN(C)c1c(C(C)C)c(=O)c1=O. The molecule has 1 N–H and O–H groups in total. The Hall–Kier alpha value is -1.16. The van der Waals surface area contributed by atoms with E-state index in [4.69, 9.17) is 0 Å². The summed E-state index contributed by atoms with van der Waals surface area (Å²) in [7, 11) is 3.82. The third-order valence-electron chi connectivity index (χ3n) is 3.05. The van der Waals surface area contributed by atoms with Gasteiger partial charge in [-0.15, -0.1) is 0 Å². The predicted molar refractivity (Wildman–Crippen MR) is 71.9 cm³/mol. The largest absolute Gasteiger partial charge is 0.371 e. The van der Waals surface area contributed by atoms with Gasteiger partial charge in [0.05, 0.1) is 5.69 Å². The maximum absolute atomic E-state index is 11.5. The van der Waals surface area contributed by atoms with Crippen LogP contribution in [0.25, 0.3) is 0 Å². The molecule has 4 heteroatoms. The summed E-state index contributed by atoms with van der Waals surface area (Å²) in [6.07, 6.45) is 2.10. The van der Waals surface area contributed by atoms with Crippen molar-refractivity contribution in [3.05, 3.63) is 26.0 Å². The van der Waals surface area contributed by atoms with Crippen molar-refractivity contribution in [2.24, 2.45) is 0 Å². The van der Waals surface area contributed by atoms with Crippen molar-refractivity contribution in [1.29, 1.82) is 0 Å². The van der Waals surface area contributed by atoms with Crippen LogP contribution in [0, 0.1) is 0 Å². The maximum atomic E-state index is 11.5. The molecule has 1 aromatic rings. The summed E-state index contributed by atoms with van der Waals surface area (Å²) in [4.78, 5) is 24.9. The molecule has 0 unspecified atom stereocenters. The molecule has 96 valence electrons. The van der Waals surface area contributed by atoms with E-state index in [0.717, 1.165) is 25.9 Å². The van der Waals surface area contributed by atoms with Gasteiger partial charge in [-0.25, -0.2) is 0 Å². The minimum Gasteiger partial charge on any atom is -0.371 e. The molecule has 4 nitrogen and oxygen atoms in total. The summed E-state index contributed by atoms with van der Waals surface area (Å²) in [6, 6.07) is 0. The van der Waals surface area contributed by atoms with Crippen molar-refractivity contribution >= 4 is 5.69 Å². The molecule has 0 saturated carbocycles. The van der Waals surface area contributed by atoms with Crippen LogP contribution in [0.3, 0.4) is 0 Å². The molecule has 0 aliphatic rings. The molecule has 0 heterocycles. The Morgan fingerprint density at radius 1 is 1.18 bits per heavy atom. The Kier molecular flexibility index (Phi) is 4.87. The topological polar surface area (TPSA) is 49.4 Å². The minimum absolute atomic E-state index is 0.134. The molecule has 1 aromatic carbocycles. The number of nitrogens with zero attached hydrogens (tertiary/aromatic N) is 1. The van der Waals surface area contributed by atoms with Gasteiger partial charge in [-0.3, -0.25) is 9.59 Å². The van der Waals surface area contributed by atoms with Crippen LogP contribution in [-0.4, -0.2) is 27.2 Å². The molecule has 0 aliphatic carbocycles. The molecule has 1 rings (SSSR count). The molecule has 0 saturated heterocycles. The van der Waals surface area contributed by atoms with Gasteiger partial charge in [0.1, 0.15) is 0 Å². The second-order valence-corrected chi connectivity index (χ2v) is 4.81. The van der Waals surface area contributed by atoms with Gasteiger partial charge in [-0.2, -0.15) is 0 Å². The van der Waals surface area contributed by atoms with Crippen LogP contribution in [0.5, 0.6) is 0 Å². The Labute approximate surface area is 102 Å². The minimum atomic E-state index is -0.315. The Balaban J connectivity index is 2.64. The van der Waals surface area contributed by atoms with Gasteiger partial charge in [0.25, 0.3) is 0 Å². The van der Waals surface area contributed by atoms with E-state index in [0.29, 0.717) is 11.3 Å². The molecule has 0 atom stereocenters. The summed E-state index contributed by atoms with van der Waals surface area (Å²) in [5.74, 6) is 0.134. The highest BCUT2D eigenvalue weighted by Gasteiger charge is 2.25. The van der Waals surface area contributed by atoms with Crippen LogP contribution in [-0.2, 0) is 0 Å². The van der Waals surface area contributed by atoms with Gasteiger partial charge in [-0.1, -0.05) is 13.8 Å². The van der Waals surface area contributed by atoms with Gasteiger partial charge in [-0.05, 0) is 32.4 Å². The zero-order valence-electron chi connectivity index (χ0n) is 11.2. The zero-order valence-corrected chi connectivity index (χ0v) is 11.2. The highest BCUT2D eigenvalue weighted by molar-refractivity contribution is 5.59. The average molecular weight is 238 g/mol. The van der Waals surface area contributed by atoms with E-state index in [-0.39, 0.29) is 16.8 Å². The first-order chi connectivity index (χ1) is 8.00. The lowest BCUT2D eigenvalue weighted by molar-refractivity contribution is 0.666. The normalized spacial score (nSPS) is 11.4. The lowest BCUT2D eigenvalue weighted by Gasteiger charge is -2.24. The van der Waals surface area contributed by atoms with Gasteiger partial charge in [0, 0.05) is 19.2 Å². The molecular formula is C13H22N2O2. The van der Waals surface area contributed by atoms with Crippen molar-refractivity contribution in [3.63, 3.8) is 0 Å². The fourth-order valence-corrected chi connectivity index (χ4v) is 2.07. The van der Waals surface area contributed by atoms with Crippen molar-refractivity contribution in [1.82, 2.24) is 5.32 Å². The monoisotopic (exact) mass is 238 g/mol. The van der Waals surface area contributed by atoms with Crippen LogP contribution in [0.2, 0.25) is 0 Å². The maximum Gasteiger partial charge on any atom is 0.249 e. The fraction of sp³-hybridized carbons (Fsp3) is 0.692. The first-order valence-corrected chi connectivity index (χ1v) is 6.19. The zero-order chi connectivity index (χ0) is 13.0. The van der Waals surface area contributed by atoms with E-state index in [1.165, 1.54) is 0 Å². The Morgan fingerprint density at radius 2 is 1.82 bits per heavy atom. The van der Waals surface area contributed by atoms with Crippen LogP contribution < -0.4 is 21.1 Å². The quantitative estimate of drug-likeness (QED) is 0.565. The molecular weight excluding hydrogens is 216 g/mol. The van der Waals surface area contributed by atoms with Crippen molar-refractivity contribution in [3.8, 4) is 0 Å². The summed E-state index contributed by atoms with van der Waals surface area (Å²) in [6.45, 7) is 5.71. The Morgan fingerprint density at radius 3 is 2.35 bits per heavy atom. The fourth-order valence-electron chi connectivity index (χ4n) is 2.07. The third kappa shape index (κ3) is 2.94. The van der Waals surface area contributed by atoms with Crippen molar-refractivity contribution in [2.75, 3.05) is 32.1 Å². The number of hydrogen-bond acceptors (Lipinski definition) is 4. The molecule has 17 heavy (non-hydrogen) atoms. The van der Waals surface area contributed by atoms with Crippen LogP contribution in [0.15, 0.2) is 9.59 Å². The summed E-state index contributed by atoms with van der Waals surface area (Å²) in [5, 5.41) is 3.09. The van der Waals surface area contributed by atoms with Crippen molar-refractivity contribution < 1.29 is 0 Å². The van der Waals surface area contributed by atoms with E-state index < -0.39 is 0 Å². The van der Waals surface area contributed by atoms with Gasteiger partial charge >= 0.3 is 0 Å². The lowest BCUT2D eigenvalue weighted by atomic mass is 9.95. The van der Waals surface area contributed by atoms with Crippen LogP contribution in [0.4, 0.5) is 5.69 Å². The lowest BCUT2D eigenvalue weighted by Crippen LogP contribution is -2.43. The standard InChI is InChI=1S/C13H22N2O2/c1-9(2)10-11(13(17)12(10)16)15(4)8-6-5-7-14-3/h9,14H,5-8H2,1-4H3. The number of unbranched alkanes of at least 4 members (excludes halogenated alkanes) is 1. The molecule has 0 aromatic heterocycles. The van der Waals surface area contributed by atoms with E-state index in [1.54, 1.807) is 0 Å². The van der Waals surface area contributed by atoms with Gasteiger partial charge in [0.15, 0.2) is 0 Å². The first-order valence-electron chi connectivity index (χ1n) is 6.19. The second-order valence-electron chi connectivity index (χ2n) is 4.81. The van der Waals surface area contributed by atoms with Gasteiger partial charge in [0.2, 0.25) is 10.9 Å². The smallest absolute Gasteiger partial charge is 0.249 e. The summed E-state index contributed by atoms with van der Waals surface area (Å²) >= 11 is 0. The second kappa shape index (κ2) is 5.96. The van der Waals surface area contributed by atoms with E-state index in [2.05, 4.69) is 5.32 Å². The first kappa shape index (κ1) is 13.9. The van der Waals surface area contributed by atoms with E-state index in [1.807, 2.05) is 32.8 Å². The predicted octanol–water partition coefficient (Wildman–Crippen LogP) is 0.842. The summed E-state index contributed by atoms with van der Waals surface area (Å²) < 4.78 is 0. The highest BCUT2D eigenvalue weighted by atomic mass is 16.2. The molecule has 0 spiro atoms. The molecule has 0 bridgehead atoms. The molecule has 0 fully saturated rings. The third-order valence-corrected chi connectivity index (χ3v) is 3.05. The molecule has 0 radical (unpaired) electrons. The van der Waals surface area contributed by atoms with E-state index in [9.17, 15) is 9.59 Å². The summed E-state index contributed by atoms with van der Waals surface area (Å²) in [5.41, 5.74) is 0.725. The Bertz CT molecular complexity index is 431.